The van der Waals surface area contributed by atoms with Crippen molar-refractivity contribution < 1.29 is 9.53 Å². The first-order chi connectivity index (χ1) is 14.5. The molecule has 1 aromatic heterocycles. The standard InChI is InChI=1S/C24H24N4O2/c1-4-30-23-9-5-7-19(16-23)26-24(29)18(17-25)15-22-8-6-14-28(22)21-12-10-20(11-13-21)27(2)3/h5-16H,4H2,1-3H3,(H,26,29)/b18-15-. The molecule has 0 bridgehead atoms. The van der Waals surface area contributed by atoms with Gasteiger partial charge in [-0.2, -0.15) is 5.26 Å². The molecule has 6 nitrogen and oxygen atoms in total. The van der Waals surface area contributed by atoms with Gasteiger partial charge in [-0.1, -0.05) is 6.07 Å². The Hall–Kier alpha value is -3.98. The third-order valence-electron chi connectivity index (χ3n) is 4.48. The topological polar surface area (TPSA) is 70.3 Å². The molecule has 3 rings (SSSR count). The Balaban J connectivity index is 1.83. The zero-order valence-corrected chi connectivity index (χ0v) is 17.3. The van der Waals surface area contributed by atoms with E-state index in [0.717, 1.165) is 17.1 Å². The number of nitrogens with one attached hydrogen (secondary N) is 1. The van der Waals surface area contributed by atoms with Crippen LogP contribution < -0.4 is 15.0 Å². The summed E-state index contributed by atoms with van der Waals surface area (Å²) in [6, 6.07) is 20.9. The molecule has 0 saturated carbocycles. The molecule has 0 aliphatic carbocycles. The smallest absolute Gasteiger partial charge is 0.266 e. The van der Waals surface area contributed by atoms with Crippen molar-refractivity contribution in [3.63, 3.8) is 0 Å². The summed E-state index contributed by atoms with van der Waals surface area (Å²) in [6.07, 6.45) is 3.48. The number of hydrogen-bond donors (Lipinski definition) is 1. The fraction of sp³-hybridized carbons (Fsp3) is 0.167. The Kier molecular flexibility index (Phi) is 6.56. The van der Waals surface area contributed by atoms with E-state index in [1.165, 1.54) is 0 Å². The van der Waals surface area contributed by atoms with Gasteiger partial charge >= 0.3 is 0 Å². The first-order valence-electron chi connectivity index (χ1n) is 9.63. The van der Waals surface area contributed by atoms with Crippen molar-refractivity contribution in [1.82, 2.24) is 4.57 Å². The summed E-state index contributed by atoms with van der Waals surface area (Å²) < 4.78 is 7.38. The number of nitriles is 1. The summed E-state index contributed by atoms with van der Waals surface area (Å²) in [5.74, 6) is 0.190. The monoisotopic (exact) mass is 400 g/mol. The van der Waals surface area contributed by atoms with Crippen LogP contribution in [-0.4, -0.2) is 31.2 Å². The molecule has 3 aromatic rings. The third kappa shape index (κ3) is 4.89. The minimum atomic E-state index is -0.471. The van der Waals surface area contributed by atoms with Crippen molar-refractivity contribution in [3.8, 4) is 17.5 Å². The molecular formula is C24H24N4O2. The molecule has 0 atom stereocenters. The molecule has 2 aromatic carbocycles. The van der Waals surface area contributed by atoms with Gasteiger partial charge in [0.25, 0.3) is 5.91 Å². The summed E-state index contributed by atoms with van der Waals surface area (Å²) >= 11 is 0. The number of ether oxygens (including phenoxy) is 1. The van der Waals surface area contributed by atoms with Crippen LogP contribution in [0.4, 0.5) is 11.4 Å². The van der Waals surface area contributed by atoms with Crippen molar-refractivity contribution in [2.45, 2.75) is 6.92 Å². The van der Waals surface area contributed by atoms with Crippen LogP contribution in [0.5, 0.6) is 5.75 Å². The van der Waals surface area contributed by atoms with E-state index in [0.29, 0.717) is 18.0 Å². The van der Waals surface area contributed by atoms with Crippen LogP contribution in [0.15, 0.2) is 72.4 Å². The van der Waals surface area contributed by atoms with Gasteiger partial charge in [0.2, 0.25) is 0 Å². The highest BCUT2D eigenvalue weighted by Crippen LogP contribution is 2.21. The van der Waals surface area contributed by atoms with Gasteiger partial charge in [-0.15, -0.1) is 0 Å². The minimum absolute atomic E-state index is 0.0154. The fourth-order valence-corrected chi connectivity index (χ4v) is 2.98. The number of carbonyl (C=O) groups is 1. The highest BCUT2D eigenvalue weighted by Gasteiger charge is 2.12. The molecule has 0 unspecified atom stereocenters. The summed E-state index contributed by atoms with van der Waals surface area (Å²) in [7, 11) is 3.97. The maximum Gasteiger partial charge on any atom is 0.266 e. The molecule has 0 radical (unpaired) electrons. The first kappa shape index (κ1) is 20.7. The van der Waals surface area contributed by atoms with Gasteiger partial charge in [-0.05, 0) is 61.5 Å². The van der Waals surface area contributed by atoms with E-state index in [1.54, 1.807) is 24.3 Å². The molecular weight excluding hydrogens is 376 g/mol. The Morgan fingerprint density at radius 3 is 2.60 bits per heavy atom. The quantitative estimate of drug-likeness (QED) is 0.469. The summed E-state index contributed by atoms with van der Waals surface area (Å²) in [5, 5.41) is 12.3. The lowest BCUT2D eigenvalue weighted by molar-refractivity contribution is -0.112. The second-order valence-corrected chi connectivity index (χ2v) is 6.80. The van der Waals surface area contributed by atoms with Gasteiger partial charge in [0.15, 0.2) is 0 Å². The molecule has 0 aliphatic heterocycles. The molecule has 6 heteroatoms. The van der Waals surface area contributed by atoms with Crippen molar-refractivity contribution in [3.05, 3.63) is 78.1 Å². The van der Waals surface area contributed by atoms with Gasteiger partial charge in [0.1, 0.15) is 17.4 Å². The molecule has 0 saturated heterocycles. The van der Waals surface area contributed by atoms with Crippen molar-refractivity contribution in [2.75, 3.05) is 30.9 Å². The lowest BCUT2D eigenvalue weighted by Crippen LogP contribution is -2.13. The Morgan fingerprint density at radius 2 is 1.93 bits per heavy atom. The number of rotatable bonds is 7. The van der Waals surface area contributed by atoms with E-state index in [1.807, 2.05) is 85.2 Å². The lowest BCUT2D eigenvalue weighted by Gasteiger charge is -2.14. The second kappa shape index (κ2) is 9.48. The number of benzene rings is 2. The number of carbonyl (C=O) groups excluding carboxylic acids is 1. The van der Waals surface area contributed by atoms with E-state index in [2.05, 4.69) is 5.32 Å². The lowest BCUT2D eigenvalue weighted by atomic mass is 10.2. The summed E-state index contributed by atoms with van der Waals surface area (Å²) in [4.78, 5) is 14.7. The van der Waals surface area contributed by atoms with Crippen LogP contribution in [0, 0.1) is 11.3 Å². The average molecular weight is 400 g/mol. The Bertz CT molecular complexity index is 1090. The van der Waals surface area contributed by atoms with Crippen molar-refractivity contribution >= 4 is 23.4 Å². The van der Waals surface area contributed by atoms with Crippen LogP contribution in [0.1, 0.15) is 12.6 Å². The number of hydrogen-bond acceptors (Lipinski definition) is 4. The van der Waals surface area contributed by atoms with E-state index < -0.39 is 5.91 Å². The van der Waals surface area contributed by atoms with Gasteiger partial charge in [0, 0.05) is 49.1 Å². The largest absolute Gasteiger partial charge is 0.494 e. The number of nitrogens with zero attached hydrogens (tertiary/aromatic N) is 3. The predicted octanol–water partition coefficient (Wildman–Crippen LogP) is 4.49. The first-order valence-corrected chi connectivity index (χ1v) is 9.63. The van der Waals surface area contributed by atoms with E-state index in [4.69, 9.17) is 4.74 Å². The van der Waals surface area contributed by atoms with E-state index in [-0.39, 0.29) is 5.57 Å². The second-order valence-electron chi connectivity index (χ2n) is 6.80. The van der Waals surface area contributed by atoms with Gasteiger partial charge < -0.3 is 19.5 Å². The molecule has 1 N–H and O–H groups in total. The van der Waals surface area contributed by atoms with Crippen LogP contribution in [0.25, 0.3) is 11.8 Å². The Morgan fingerprint density at radius 1 is 1.17 bits per heavy atom. The zero-order chi connectivity index (χ0) is 21.5. The number of aromatic nitrogens is 1. The summed E-state index contributed by atoms with van der Waals surface area (Å²) in [6.45, 7) is 2.43. The Labute approximate surface area is 176 Å². The van der Waals surface area contributed by atoms with Crippen LogP contribution in [0.2, 0.25) is 0 Å². The molecule has 1 amide bonds. The van der Waals surface area contributed by atoms with Gasteiger partial charge in [-0.25, -0.2) is 0 Å². The zero-order valence-electron chi connectivity index (χ0n) is 17.3. The molecule has 0 aliphatic rings. The molecule has 1 heterocycles. The van der Waals surface area contributed by atoms with Crippen LogP contribution in [0.3, 0.4) is 0 Å². The van der Waals surface area contributed by atoms with Gasteiger partial charge in [0.05, 0.1) is 6.61 Å². The van der Waals surface area contributed by atoms with Crippen LogP contribution >= 0.6 is 0 Å². The molecule has 152 valence electrons. The van der Waals surface area contributed by atoms with Crippen LogP contribution in [-0.2, 0) is 4.79 Å². The van der Waals surface area contributed by atoms with Crippen molar-refractivity contribution in [2.24, 2.45) is 0 Å². The molecule has 30 heavy (non-hydrogen) atoms. The maximum atomic E-state index is 12.6. The fourth-order valence-electron chi connectivity index (χ4n) is 2.98. The predicted molar refractivity (Wildman–Crippen MR) is 120 cm³/mol. The highest BCUT2D eigenvalue weighted by atomic mass is 16.5. The third-order valence-corrected chi connectivity index (χ3v) is 4.48. The normalized spacial score (nSPS) is 10.9. The summed E-state index contributed by atoms with van der Waals surface area (Å²) in [5.41, 5.74) is 3.36. The SMILES string of the molecule is CCOc1cccc(NC(=O)/C(C#N)=C\c2cccn2-c2ccc(N(C)C)cc2)c1. The molecule has 0 spiro atoms. The molecule has 0 fully saturated rings. The minimum Gasteiger partial charge on any atom is -0.494 e. The maximum absolute atomic E-state index is 12.6. The van der Waals surface area contributed by atoms with E-state index in [9.17, 15) is 10.1 Å². The highest BCUT2D eigenvalue weighted by molar-refractivity contribution is 6.09. The number of amides is 1. The number of anilines is 2. The average Bonchev–Trinajstić information content (AvgIpc) is 3.20. The van der Waals surface area contributed by atoms with Gasteiger partial charge in [-0.3, -0.25) is 4.79 Å². The van der Waals surface area contributed by atoms with E-state index >= 15 is 0 Å². The van der Waals surface area contributed by atoms with Crippen molar-refractivity contribution in [1.29, 1.82) is 5.26 Å².